The number of ether oxygens (including phenoxy) is 1. The van der Waals surface area contributed by atoms with Gasteiger partial charge in [0.05, 0.1) is 5.54 Å². The molecule has 0 aromatic heterocycles. The zero-order valence-electron chi connectivity index (χ0n) is 5.14. The maximum Gasteiger partial charge on any atom is 0.407 e. The molecule has 1 amide bonds. The first-order valence-corrected chi connectivity index (χ1v) is 3.26. The molecular formula is C6H9NO2. The van der Waals surface area contributed by atoms with Gasteiger partial charge in [-0.15, -0.1) is 0 Å². The number of hydrogen-bond acceptors (Lipinski definition) is 2. The van der Waals surface area contributed by atoms with Gasteiger partial charge < -0.3 is 10.1 Å². The Labute approximate surface area is 53.4 Å². The van der Waals surface area contributed by atoms with E-state index in [0.717, 1.165) is 12.8 Å². The van der Waals surface area contributed by atoms with Gasteiger partial charge in [-0.1, -0.05) is 0 Å². The molecule has 1 aliphatic heterocycles. The van der Waals surface area contributed by atoms with Crippen LogP contribution < -0.4 is 5.32 Å². The Balaban J connectivity index is 2.07. The number of hydrogen-bond donors (Lipinski definition) is 1. The Morgan fingerprint density at radius 1 is 1.56 bits per heavy atom. The fraction of sp³-hybridized carbons (Fsp3) is 0.833. The fourth-order valence-corrected chi connectivity index (χ4v) is 1.37. The molecule has 2 aliphatic rings. The van der Waals surface area contributed by atoms with Crippen molar-refractivity contribution in [1.82, 2.24) is 5.32 Å². The van der Waals surface area contributed by atoms with Crippen LogP contribution in [0.3, 0.4) is 0 Å². The summed E-state index contributed by atoms with van der Waals surface area (Å²) < 4.78 is 4.76. The summed E-state index contributed by atoms with van der Waals surface area (Å²) in [6, 6.07) is 0. The molecule has 1 saturated carbocycles. The van der Waals surface area contributed by atoms with Crippen LogP contribution in [0.25, 0.3) is 0 Å². The van der Waals surface area contributed by atoms with Crippen LogP contribution in [0.15, 0.2) is 0 Å². The van der Waals surface area contributed by atoms with Gasteiger partial charge in [0.1, 0.15) is 6.61 Å². The highest BCUT2D eigenvalue weighted by Gasteiger charge is 2.44. The minimum absolute atomic E-state index is 0.0666. The predicted molar refractivity (Wildman–Crippen MR) is 31.1 cm³/mol. The summed E-state index contributed by atoms with van der Waals surface area (Å²) >= 11 is 0. The second-order valence-electron chi connectivity index (χ2n) is 2.84. The predicted octanol–water partition coefficient (Wildman–Crippen LogP) is 0.649. The van der Waals surface area contributed by atoms with E-state index in [1.165, 1.54) is 6.42 Å². The van der Waals surface area contributed by atoms with Gasteiger partial charge in [-0.3, -0.25) is 0 Å². The Morgan fingerprint density at radius 3 is 2.56 bits per heavy atom. The van der Waals surface area contributed by atoms with Crippen LogP contribution >= 0.6 is 0 Å². The van der Waals surface area contributed by atoms with E-state index in [1.54, 1.807) is 0 Å². The molecule has 0 atom stereocenters. The van der Waals surface area contributed by atoms with Crippen molar-refractivity contribution in [2.24, 2.45) is 0 Å². The van der Waals surface area contributed by atoms with Gasteiger partial charge in [0.15, 0.2) is 0 Å². The minimum Gasteiger partial charge on any atom is -0.447 e. The molecule has 3 nitrogen and oxygen atoms in total. The van der Waals surface area contributed by atoms with E-state index in [-0.39, 0.29) is 11.6 Å². The number of carbonyl (C=O) groups excluding carboxylic acids is 1. The van der Waals surface area contributed by atoms with Crippen LogP contribution in [0.4, 0.5) is 4.79 Å². The molecule has 2 fully saturated rings. The molecule has 3 heteroatoms. The summed E-state index contributed by atoms with van der Waals surface area (Å²) in [7, 11) is 0. The third-order valence-corrected chi connectivity index (χ3v) is 2.16. The van der Waals surface area contributed by atoms with Crippen LogP contribution in [0, 0.1) is 0 Å². The largest absolute Gasteiger partial charge is 0.447 e. The molecular weight excluding hydrogens is 118 g/mol. The molecule has 9 heavy (non-hydrogen) atoms. The van der Waals surface area contributed by atoms with E-state index >= 15 is 0 Å². The lowest BCUT2D eigenvalue weighted by molar-refractivity contribution is 0.153. The fourth-order valence-electron chi connectivity index (χ4n) is 1.37. The first-order chi connectivity index (χ1) is 4.31. The van der Waals surface area contributed by atoms with Gasteiger partial charge in [-0.25, -0.2) is 4.79 Å². The number of rotatable bonds is 0. The van der Waals surface area contributed by atoms with E-state index in [0.29, 0.717) is 6.61 Å². The Hall–Kier alpha value is -0.730. The zero-order chi connectivity index (χ0) is 6.32. The average molecular weight is 127 g/mol. The van der Waals surface area contributed by atoms with Crippen molar-refractivity contribution in [3.05, 3.63) is 0 Å². The standard InChI is InChI=1S/C6H9NO2/c8-5-7-6(4-9-5)2-1-3-6/h1-4H2,(H,7,8). The molecule has 0 aromatic carbocycles. The quantitative estimate of drug-likeness (QED) is 0.518. The van der Waals surface area contributed by atoms with E-state index in [2.05, 4.69) is 5.32 Å². The van der Waals surface area contributed by atoms with Gasteiger partial charge in [0.2, 0.25) is 0 Å². The highest BCUT2D eigenvalue weighted by Crippen LogP contribution is 2.34. The smallest absolute Gasteiger partial charge is 0.407 e. The molecule has 0 bridgehead atoms. The van der Waals surface area contributed by atoms with Crippen molar-refractivity contribution in [3.8, 4) is 0 Å². The number of carbonyl (C=O) groups is 1. The first-order valence-electron chi connectivity index (χ1n) is 3.26. The molecule has 0 aromatic rings. The molecule has 1 aliphatic carbocycles. The van der Waals surface area contributed by atoms with Crippen LogP contribution in [0.5, 0.6) is 0 Å². The maximum atomic E-state index is 10.5. The highest BCUT2D eigenvalue weighted by molar-refractivity contribution is 5.70. The molecule has 1 N–H and O–H groups in total. The second-order valence-corrected chi connectivity index (χ2v) is 2.84. The van der Waals surface area contributed by atoms with Crippen molar-refractivity contribution in [2.75, 3.05) is 6.61 Å². The Kier molecular flexibility index (Phi) is 0.793. The van der Waals surface area contributed by atoms with E-state index in [9.17, 15) is 4.79 Å². The number of alkyl carbamates (subject to hydrolysis) is 1. The van der Waals surface area contributed by atoms with Crippen LogP contribution in [-0.4, -0.2) is 18.2 Å². The lowest BCUT2D eigenvalue weighted by Crippen LogP contribution is -2.49. The number of cyclic esters (lactones) is 1. The second kappa shape index (κ2) is 1.40. The van der Waals surface area contributed by atoms with Crippen LogP contribution in [-0.2, 0) is 4.74 Å². The van der Waals surface area contributed by atoms with Crippen molar-refractivity contribution >= 4 is 6.09 Å². The van der Waals surface area contributed by atoms with E-state index < -0.39 is 0 Å². The molecule has 1 spiro atoms. The average Bonchev–Trinajstić information content (AvgIpc) is 2.09. The van der Waals surface area contributed by atoms with Crippen molar-refractivity contribution in [3.63, 3.8) is 0 Å². The molecule has 0 radical (unpaired) electrons. The maximum absolute atomic E-state index is 10.5. The summed E-state index contributed by atoms with van der Waals surface area (Å²) in [5.74, 6) is 0. The van der Waals surface area contributed by atoms with Crippen molar-refractivity contribution in [1.29, 1.82) is 0 Å². The third kappa shape index (κ3) is 0.605. The number of amides is 1. The monoisotopic (exact) mass is 127 g/mol. The van der Waals surface area contributed by atoms with Crippen LogP contribution in [0.1, 0.15) is 19.3 Å². The highest BCUT2D eigenvalue weighted by atomic mass is 16.6. The zero-order valence-corrected chi connectivity index (χ0v) is 5.14. The van der Waals surface area contributed by atoms with E-state index in [1.807, 2.05) is 0 Å². The summed E-state index contributed by atoms with van der Waals surface area (Å²) in [5, 5.41) is 2.81. The number of nitrogens with one attached hydrogen (secondary N) is 1. The molecule has 1 heterocycles. The van der Waals surface area contributed by atoms with Crippen LogP contribution in [0.2, 0.25) is 0 Å². The van der Waals surface area contributed by atoms with Gasteiger partial charge in [-0.05, 0) is 19.3 Å². The van der Waals surface area contributed by atoms with Gasteiger partial charge >= 0.3 is 6.09 Å². The molecule has 2 rings (SSSR count). The summed E-state index contributed by atoms with van der Waals surface area (Å²) in [6.45, 7) is 0.589. The molecule has 50 valence electrons. The lowest BCUT2D eigenvalue weighted by Gasteiger charge is -2.34. The minimum atomic E-state index is -0.241. The summed E-state index contributed by atoms with van der Waals surface area (Å²) in [5.41, 5.74) is 0.0666. The lowest BCUT2D eigenvalue weighted by atomic mass is 9.78. The van der Waals surface area contributed by atoms with Crippen molar-refractivity contribution in [2.45, 2.75) is 24.8 Å². The Bertz CT molecular complexity index is 151. The molecule has 1 saturated heterocycles. The SMILES string of the molecule is O=C1NC2(CCC2)CO1. The topological polar surface area (TPSA) is 38.3 Å². The third-order valence-electron chi connectivity index (χ3n) is 2.16. The summed E-state index contributed by atoms with van der Waals surface area (Å²) in [4.78, 5) is 10.5. The molecule has 0 unspecified atom stereocenters. The van der Waals surface area contributed by atoms with Crippen molar-refractivity contribution < 1.29 is 9.53 Å². The van der Waals surface area contributed by atoms with Gasteiger partial charge in [0.25, 0.3) is 0 Å². The summed E-state index contributed by atoms with van der Waals surface area (Å²) in [6.07, 6.45) is 3.18. The Morgan fingerprint density at radius 2 is 2.33 bits per heavy atom. The van der Waals surface area contributed by atoms with E-state index in [4.69, 9.17) is 4.74 Å². The first kappa shape index (κ1) is 5.09. The van der Waals surface area contributed by atoms with Gasteiger partial charge in [0, 0.05) is 0 Å². The van der Waals surface area contributed by atoms with Gasteiger partial charge in [-0.2, -0.15) is 0 Å². The normalized spacial score (nSPS) is 29.1.